The number of hydrogen-bond acceptors (Lipinski definition) is 10. The van der Waals surface area contributed by atoms with Crippen LogP contribution in [-0.2, 0) is 41.4 Å². The Morgan fingerprint density at radius 1 is 1.18 bits per heavy atom. The largest absolute Gasteiger partial charge is 0.475 e. The van der Waals surface area contributed by atoms with Gasteiger partial charge in [-0.3, -0.25) is 14.9 Å². The average Bonchev–Trinajstić information content (AvgIpc) is 2.88. The lowest BCUT2D eigenvalue weighted by molar-refractivity contribution is -0.621. The predicted molar refractivity (Wildman–Crippen MR) is 129 cm³/mol. The van der Waals surface area contributed by atoms with Gasteiger partial charge < -0.3 is 19.0 Å². The molecular formula is C24H24ClF3N2O9. The fraction of sp³-hybridized carbons (Fsp3) is 0.375. The normalized spacial score (nSPS) is 13.0. The minimum atomic E-state index is -4.64. The van der Waals surface area contributed by atoms with Crippen molar-refractivity contribution in [2.75, 3.05) is 13.2 Å². The lowest BCUT2D eigenvalue weighted by Crippen LogP contribution is -2.29. The van der Waals surface area contributed by atoms with Gasteiger partial charge in [-0.25, -0.2) is 9.59 Å². The Morgan fingerprint density at radius 2 is 1.87 bits per heavy atom. The van der Waals surface area contributed by atoms with Gasteiger partial charge in [0.15, 0.2) is 6.10 Å². The Bertz CT molecular complexity index is 1160. The highest BCUT2D eigenvalue weighted by atomic mass is 35.5. The molecule has 0 aliphatic rings. The van der Waals surface area contributed by atoms with Gasteiger partial charge in [0.1, 0.15) is 5.75 Å². The van der Waals surface area contributed by atoms with Gasteiger partial charge in [-0.2, -0.15) is 13.2 Å². The summed E-state index contributed by atoms with van der Waals surface area (Å²) in [6.45, 7) is 2.59. The highest BCUT2D eigenvalue weighted by Crippen LogP contribution is 2.35. The summed E-state index contributed by atoms with van der Waals surface area (Å²) in [5, 5.41) is 14.4. The van der Waals surface area contributed by atoms with Crippen LogP contribution < -0.4 is 4.74 Å². The number of carbonyl (C=O) groups is 2. The minimum absolute atomic E-state index is 0.216. The van der Waals surface area contributed by atoms with Crippen molar-refractivity contribution in [3.63, 3.8) is 0 Å². The molecule has 0 heterocycles. The fourth-order valence-electron chi connectivity index (χ4n) is 2.67. The van der Waals surface area contributed by atoms with Crippen LogP contribution in [0.3, 0.4) is 0 Å². The predicted octanol–water partition coefficient (Wildman–Crippen LogP) is 4.75. The smallest absolute Gasteiger partial charge is 0.463 e. The molecule has 212 valence electrons. The summed E-state index contributed by atoms with van der Waals surface area (Å²) in [6, 6.07) is 8.39. The SMILES string of the molecule is CCCOC(=O)C(C)OC(=O)CO/N=C/c1ccc(COC(Oc2ccc(C(F)(F)F)cc2Cl)[N+](=O)[O-])cc1. The molecule has 39 heavy (non-hydrogen) atoms. The summed E-state index contributed by atoms with van der Waals surface area (Å²) < 4.78 is 58.2. The van der Waals surface area contributed by atoms with Gasteiger partial charge in [-0.05, 0) is 42.7 Å². The van der Waals surface area contributed by atoms with E-state index < -0.39 is 52.7 Å². The molecule has 0 aromatic heterocycles. The second-order valence-electron chi connectivity index (χ2n) is 7.71. The molecule has 0 N–H and O–H groups in total. The van der Waals surface area contributed by atoms with E-state index in [4.69, 9.17) is 35.4 Å². The molecule has 2 unspecified atom stereocenters. The Kier molecular flexibility index (Phi) is 11.9. The van der Waals surface area contributed by atoms with Crippen molar-refractivity contribution in [2.24, 2.45) is 5.16 Å². The number of nitrogens with zero attached hydrogens (tertiary/aromatic N) is 2. The molecule has 0 spiro atoms. The molecule has 0 saturated carbocycles. The summed E-state index contributed by atoms with van der Waals surface area (Å²) in [7, 11) is 0. The number of carbonyl (C=O) groups excluding carboxylic acids is 2. The summed E-state index contributed by atoms with van der Waals surface area (Å²) in [6.07, 6.45) is -5.84. The van der Waals surface area contributed by atoms with Gasteiger partial charge in [0.05, 0.1) is 34.9 Å². The maximum absolute atomic E-state index is 12.8. The zero-order valence-corrected chi connectivity index (χ0v) is 21.4. The number of rotatable bonds is 14. The summed E-state index contributed by atoms with van der Waals surface area (Å²) in [5.74, 6) is -1.84. The van der Waals surface area contributed by atoms with Gasteiger partial charge in [-0.1, -0.05) is 47.9 Å². The first kappa shape index (κ1) is 31.3. The highest BCUT2D eigenvalue weighted by Gasteiger charge is 2.32. The van der Waals surface area contributed by atoms with Gasteiger partial charge in [0.25, 0.3) is 0 Å². The van der Waals surface area contributed by atoms with E-state index in [-0.39, 0.29) is 19.0 Å². The third-order valence-corrected chi connectivity index (χ3v) is 4.87. The van der Waals surface area contributed by atoms with Crippen LogP contribution >= 0.6 is 11.6 Å². The molecule has 2 aromatic carbocycles. The van der Waals surface area contributed by atoms with Crippen LogP contribution in [0.25, 0.3) is 0 Å². The van der Waals surface area contributed by atoms with E-state index in [1.807, 2.05) is 6.92 Å². The summed E-state index contributed by atoms with van der Waals surface area (Å²) >= 11 is 5.77. The highest BCUT2D eigenvalue weighted by molar-refractivity contribution is 6.32. The number of ether oxygens (including phenoxy) is 4. The maximum Gasteiger partial charge on any atom is 0.475 e. The molecule has 2 atom stereocenters. The lowest BCUT2D eigenvalue weighted by Gasteiger charge is -2.14. The maximum atomic E-state index is 12.8. The number of alkyl halides is 3. The van der Waals surface area contributed by atoms with Crippen LogP contribution in [0.5, 0.6) is 5.75 Å². The first-order valence-corrected chi connectivity index (χ1v) is 11.7. The van der Waals surface area contributed by atoms with Crippen LogP contribution in [0.4, 0.5) is 13.2 Å². The molecule has 0 fully saturated rings. The van der Waals surface area contributed by atoms with Crippen LogP contribution in [0, 0.1) is 10.1 Å². The molecule has 0 amide bonds. The molecule has 11 nitrogen and oxygen atoms in total. The van der Waals surface area contributed by atoms with E-state index in [1.54, 1.807) is 24.3 Å². The Labute approximate surface area is 225 Å². The standard InChI is InChI=1S/C24H24ClF3N2O9/c1-3-10-35-22(32)15(2)38-21(31)14-37-29-12-16-4-6-17(7-5-16)13-36-23(30(33)34)39-20-9-8-18(11-19(20)25)24(26,27)28/h4-9,11-12,15,23H,3,10,13-14H2,1-2H3/b29-12+. The van der Waals surface area contributed by atoms with Crippen molar-refractivity contribution >= 4 is 29.8 Å². The average molecular weight is 577 g/mol. The Balaban J connectivity index is 1.83. The molecule has 2 aromatic rings. The van der Waals surface area contributed by atoms with E-state index >= 15 is 0 Å². The van der Waals surface area contributed by atoms with Crippen LogP contribution in [-0.4, -0.2) is 48.8 Å². The van der Waals surface area contributed by atoms with Gasteiger partial charge in [-0.15, -0.1) is 0 Å². The molecule has 2 rings (SSSR count). The molecule has 0 aliphatic heterocycles. The summed E-state index contributed by atoms with van der Waals surface area (Å²) in [4.78, 5) is 38.5. The fourth-order valence-corrected chi connectivity index (χ4v) is 2.90. The van der Waals surface area contributed by atoms with E-state index in [9.17, 15) is 32.9 Å². The Hall–Kier alpha value is -3.91. The second-order valence-corrected chi connectivity index (χ2v) is 8.12. The van der Waals surface area contributed by atoms with Crippen LogP contribution in [0.1, 0.15) is 37.0 Å². The van der Waals surface area contributed by atoms with Crippen molar-refractivity contribution in [2.45, 2.75) is 45.6 Å². The van der Waals surface area contributed by atoms with E-state index in [1.165, 1.54) is 13.1 Å². The second kappa shape index (κ2) is 14.9. The number of halogens is 4. The first-order valence-electron chi connectivity index (χ1n) is 11.3. The van der Waals surface area contributed by atoms with Crippen molar-refractivity contribution in [3.05, 3.63) is 74.3 Å². The number of nitro groups is 1. The lowest BCUT2D eigenvalue weighted by atomic mass is 10.1. The molecule has 0 saturated heterocycles. The molecule has 0 bridgehead atoms. The van der Waals surface area contributed by atoms with Gasteiger partial charge in [0, 0.05) is 0 Å². The molecule has 0 aliphatic carbocycles. The molecular weight excluding hydrogens is 553 g/mol. The number of hydrogen-bond donors (Lipinski definition) is 0. The topological polar surface area (TPSA) is 136 Å². The van der Waals surface area contributed by atoms with Crippen LogP contribution in [0.15, 0.2) is 47.6 Å². The number of esters is 2. The van der Waals surface area contributed by atoms with Gasteiger partial charge in [0.2, 0.25) is 6.61 Å². The van der Waals surface area contributed by atoms with E-state index in [0.717, 1.165) is 6.07 Å². The first-order chi connectivity index (χ1) is 18.4. The third-order valence-electron chi connectivity index (χ3n) is 4.58. The Morgan fingerprint density at radius 3 is 2.46 bits per heavy atom. The molecule has 0 radical (unpaired) electrons. The van der Waals surface area contributed by atoms with Crippen molar-refractivity contribution < 1.29 is 51.5 Å². The van der Waals surface area contributed by atoms with Crippen LogP contribution in [0.2, 0.25) is 5.02 Å². The van der Waals surface area contributed by atoms with Gasteiger partial charge >= 0.3 is 24.5 Å². The van der Waals surface area contributed by atoms with Crippen molar-refractivity contribution in [3.8, 4) is 5.75 Å². The van der Waals surface area contributed by atoms with Crippen molar-refractivity contribution in [1.82, 2.24) is 0 Å². The zero-order chi connectivity index (χ0) is 29.0. The third kappa shape index (κ3) is 10.8. The number of benzene rings is 2. The quantitative estimate of drug-likeness (QED) is 0.103. The monoisotopic (exact) mass is 576 g/mol. The zero-order valence-electron chi connectivity index (χ0n) is 20.7. The molecule has 15 heteroatoms. The van der Waals surface area contributed by atoms with E-state index in [0.29, 0.717) is 29.7 Å². The summed E-state index contributed by atoms with van der Waals surface area (Å²) in [5.41, 5.74) is 0.00294. The minimum Gasteiger partial charge on any atom is -0.463 e. The van der Waals surface area contributed by atoms with Crippen molar-refractivity contribution in [1.29, 1.82) is 0 Å². The van der Waals surface area contributed by atoms with E-state index in [2.05, 4.69) is 5.16 Å². The number of oxime groups is 1.